The van der Waals surface area contributed by atoms with Gasteiger partial charge in [0.15, 0.2) is 0 Å². The Hall–Kier alpha value is -1.55. The lowest BCUT2D eigenvalue weighted by atomic mass is 10.0. The van der Waals surface area contributed by atoms with E-state index in [9.17, 15) is 4.79 Å². The van der Waals surface area contributed by atoms with Crippen molar-refractivity contribution in [2.45, 2.75) is 33.2 Å². The lowest BCUT2D eigenvalue weighted by molar-refractivity contribution is -0.123. The highest BCUT2D eigenvalue weighted by molar-refractivity contribution is 5.81. The number of benzene rings is 1. The van der Waals surface area contributed by atoms with Gasteiger partial charge in [0.1, 0.15) is 5.75 Å². The van der Waals surface area contributed by atoms with Gasteiger partial charge >= 0.3 is 0 Å². The van der Waals surface area contributed by atoms with E-state index in [4.69, 9.17) is 10.5 Å². The Morgan fingerprint density at radius 3 is 2.68 bits per heavy atom. The molecule has 0 aliphatic rings. The van der Waals surface area contributed by atoms with Gasteiger partial charge in [-0.3, -0.25) is 4.79 Å². The predicted molar refractivity (Wildman–Crippen MR) is 77.3 cm³/mol. The quantitative estimate of drug-likeness (QED) is 0.821. The van der Waals surface area contributed by atoms with Crippen LogP contribution < -0.4 is 15.8 Å². The van der Waals surface area contributed by atoms with Crippen LogP contribution in [0.25, 0.3) is 0 Å². The first-order chi connectivity index (χ1) is 8.95. The summed E-state index contributed by atoms with van der Waals surface area (Å²) in [5.74, 6) is 0.906. The maximum Gasteiger partial charge on any atom is 0.237 e. The van der Waals surface area contributed by atoms with Crippen LogP contribution in [0.4, 0.5) is 0 Å². The Morgan fingerprint density at radius 2 is 2.11 bits per heavy atom. The third-order valence-electron chi connectivity index (χ3n) is 3.15. The fourth-order valence-electron chi connectivity index (χ4n) is 1.84. The third-order valence-corrected chi connectivity index (χ3v) is 3.15. The number of amides is 1. The van der Waals surface area contributed by atoms with Crippen molar-refractivity contribution in [1.82, 2.24) is 5.32 Å². The molecular formula is C15H24N2O2. The molecule has 1 aromatic carbocycles. The molecule has 0 spiro atoms. The van der Waals surface area contributed by atoms with Crippen LogP contribution in [0.2, 0.25) is 0 Å². The number of carbonyl (C=O) groups is 1. The Labute approximate surface area is 115 Å². The summed E-state index contributed by atoms with van der Waals surface area (Å²) in [4.78, 5) is 11.7. The molecule has 0 aliphatic carbocycles. The lowest BCUT2D eigenvalue weighted by Crippen LogP contribution is -2.44. The van der Waals surface area contributed by atoms with Crippen molar-refractivity contribution in [2.75, 3.05) is 13.7 Å². The van der Waals surface area contributed by atoms with Crippen LogP contribution in [0, 0.1) is 12.8 Å². The highest BCUT2D eigenvalue weighted by Crippen LogP contribution is 2.19. The number of hydrogen-bond acceptors (Lipinski definition) is 3. The molecule has 0 fully saturated rings. The monoisotopic (exact) mass is 264 g/mol. The van der Waals surface area contributed by atoms with Gasteiger partial charge in [-0.25, -0.2) is 0 Å². The van der Waals surface area contributed by atoms with E-state index in [2.05, 4.69) is 11.4 Å². The molecule has 4 heteroatoms. The van der Waals surface area contributed by atoms with E-state index in [1.807, 2.05) is 32.9 Å². The van der Waals surface area contributed by atoms with Crippen molar-refractivity contribution in [1.29, 1.82) is 0 Å². The highest BCUT2D eigenvalue weighted by atomic mass is 16.5. The number of nitrogens with one attached hydrogen (secondary N) is 1. The fraction of sp³-hybridized carbons (Fsp3) is 0.533. The molecule has 0 aliphatic heterocycles. The Morgan fingerprint density at radius 1 is 1.42 bits per heavy atom. The number of hydrogen-bond donors (Lipinski definition) is 2. The number of aryl methyl sites for hydroxylation is 1. The molecule has 0 radical (unpaired) electrons. The maximum absolute atomic E-state index is 11.7. The average molecular weight is 264 g/mol. The molecule has 0 bridgehead atoms. The summed E-state index contributed by atoms with van der Waals surface area (Å²) >= 11 is 0. The molecule has 106 valence electrons. The average Bonchev–Trinajstić information content (AvgIpc) is 2.37. The second kappa shape index (κ2) is 7.14. The zero-order valence-electron chi connectivity index (χ0n) is 12.2. The molecule has 1 rings (SSSR count). The number of rotatable bonds is 6. The Balaban J connectivity index is 2.53. The van der Waals surface area contributed by atoms with Crippen molar-refractivity contribution < 1.29 is 9.53 Å². The van der Waals surface area contributed by atoms with Crippen molar-refractivity contribution in [3.63, 3.8) is 0 Å². The molecule has 0 aromatic heterocycles. The fourth-order valence-corrected chi connectivity index (χ4v) is 1.84. The molecule has 1 atom stereocenters. The Bertz CT molecular complexity index is 430. The van der Waals surface area contributed by atoms with Crippen LogP contribution in [0.3, 0.4) is 0 Å². The van der Waals surface area contributed by atoms with E-state index in [1.165, 1.54) is 5.56 Å². The van der Waals surface area contributed by atoms with Crippen molar-refractivity contribution >= 4 is 5.91 Å². The first kappa shape index (κ1) is 15.5. The van der Waals surface area contributed by atoms with E-state index >= 15 is 0 Å². The van der Waals surface area contributed by atoms with Gasteiger partial charge in [-0.05, 0) is 30.9 Å². The summed E-state index contributed by atoms with van der Waals surface area (Å²) in [7, 11) is 1.65. The van der Waals surface area contributed by atoms with Crippen molar-refractivity contribution in [2.24, 2.45) is 11.7 Å². The van der Waals surface area contributed by atoms with Crippen molar-refractivity contribution in [3.8, 4) is 5.75 Å². The number of nitrogens with two attached hydrogens (primary N) is 1. The van der Waals surface area contributed by atoms with Gasteiger partial charge in [-0.1, -0.05) is 31.5 Å². The summed E-state index contributed by atoms with van der Waals surface area (Å²) in [6.45, 7) is 6.48. The molecule has 1 amide bonds. The van der Waals surface area contributed by atoms with Gasteiger partial charge in [0, 0.05) is 6.54 Å². The minimum Gasteiger partial charge on any atom is -0.496 e. The zero-order valence-corrected chi connectivity index (χ0v) is 12.2. The van der Waals surface area contributed by atoms with Crippen LogP contribution in [-0.4, -0.2) is 25.6 Å². The van der Waals surface area contributed by atoms with E-state index in [0.717, 1.165) is 17.7 Å². The molecule has 3 N–H and O–H groups in total. The minimum atomic E-state index is -0.445. The number of methoxy groups -OCH3 is 1. The molecule has 1 aromatic rings. The van der Waals surface area contributed by atoms with E-state index < -0.39 is 6.04 Å². The first-order valence-electron chi connectivity index (χ1n) is 6.62. The summed E-state index contributed by atoms with van der Waals surface area (Å²) < 4.78 is 5.31. The molecular weight excluding hydrogens is 240 g/mol. The van der Waals surface area contributed by atoms with Gasteiger partial charge in [-0.2, -0.15) is 0 Å². The van der Waals surface area contributed by atoms with Gasteiger partial charge in [-0.15, -0.1) is 0 Å². The molecule has 0 saturated carbocycles. The van der Waals surface area contributed by atoms with E-state index in [-0.39, 0.29) is 11.8 Å². The third kappa shape index (κ3) is 4.56. The maximum atomic E-state index is 11.7. The smallest absolute Gasteiger partial charge is 0.237 e. The minimum absolute atomic E-state index is 0.0957. The molecule has 0 saturated heterocycles. The van der Waals surface area contributed by atoms with Crippen molar-refractivity contribution in [3.05, 3.63) is 29.3 Å². The molecule has 0 heterocycles. The van der Waals surface area contributed by atoms with Gasteiger partial charge < -0.3 is 15.8 Å². The summed E-state index contributed by atoms with van der Waals surface area (Å²) in [5, 5.41) is 2.86. The van der Waals surface area contributed by atoms with Gasteiger partial charge in [0.2, 0.25) is 5.91 Å². The molecule has 0 unspecified atom stereocenters. The summed E-state index contributed by atoms with van der Waals surface area (Å²) in [6.07, 6.45) is 0.738. The standard InChI is InChI=1S/C15H24N2O2/c1-10(2)14(16)15(18)17-8-7-12-9-11(3)5-6-13(12)19-4/h5-6,9-10,14H,7-8,16H2,1-4H3,(H,17,18)/t14-/m0/s1. The highest BCUT2D eigenvalue weighted by Gasteiger charge is 2.16. The molecule has 19 heavy (non-hydrogen) atoms. The normalized spacial score (nSPS) is 12.3. The second-order valence-electron chi connectivity index (χ2n) is 5.13. The largest absolute Gasteiger partial charge is 0.496 e. The second-order valence-corrected chi connectivity index (χ2v) is 5.13. The summed E-state index contributed by atoms with van der Waals surface area (Å²) in [5.41, 5.74) is 8.06. The predicted octanol–water partition coefficient (Wildman–Crippen LogP) is 1.65. The lowest BCUT2D eigenvalue weighted by Gasteiger charge is -2.16. The topological polar surface area (TPSA) is 64.3 Å². The van der Waals surface area contributed by atoms with Crippen LogP contribution in [0.15, 0.2) is 18.2 Å². The Kier molecular flexibility index (Phi) is 5.83. The van der Waals surface area contributed by atoms with Crippen LogP contribution in [0.1, 0.15) is 25.0 Å². The SMILES string of the molecule is COc1ccc(C)cc1CCNC(=O)[C@@H](N)C(C)C. The summed E-state index contributed by atoms with van der Waals surface area (Å²) in [6, 6.07) is 5.59. The van der Waals surface area contributed by atoms with E-state index in [1.54, 1.807) is 7.11 Å². The zero-order chi connectivity index (χ0) is 14.4. The first-order valence-corrected chi connectivity index (χ1v) is 6.62. The number of carbonyl (C=O) groups excluding carboxylic acids is 1. The van der Waals surface area contributed by atoms with Crippen LogP contribution in [0.5, 0.6) is 5.75 Å². The number of ether oxygens (including phenoxy) is 1. The van der Waals surface area contributed by atoms with Crippen LogP contribution in [-0.2, 0) is 11.2 Å². The van der Waals surface area contributed by atoms with E-state index in [0.29, 0.717) is 6.54 Å². The van der Waals surface area contributed by atoms with Gasteiger partial charge in [0.05, 0.1) is 13.2 Å². The van der Waals surface area contributed by atoms with Crippen LogP contribution >= 0.6 is 0 Å². The van der Waals surface area contributed by atoms with Gasteiger partial charge in [0.25, 0.3) is 0 Å². The molecule has 4 nitrogen and oxygen atoms in total.